The minimum Gasteiger partial charge on any atom is -0.370 e. The van der Waals surface area contributed by atoms with Crippen LogP contribution in [0.25, 0.3) is 0 Å². The lowest BCUT2D eigenvalue weighted by atomic mass is 9.96. The Morgan fingerprint density at radius 3 is 2.33 bits per heavy atom. The molecular formula is C15H29NO2. The molecule has 3 nitrogen and oxygen atoms in total. The van der Waals surface area contributed by atoms with Gasteiger partial charge in [-0.1, -0.05) is 19.3 Å². The summed E-state index contributed by atoms with van der Waals surface area (Å²) in [7, 11) is 0. The smallest absolute Gasteiger partial charge is 0.0895 e. The first-order valence-electron chi connectivity index (χ1n) is 7.41. The van der Waals surface area contributed by atoms with Crippen molar-refractivity contribution < 1.29 is 9.47 Å². The van der Waals surface area contributed by atoms with Crippen molar-refractivity contribution >= 4 is 0 Å². The van der Waals surface area contributed by atoms with Gasteiger partial charge in [0.2, 0.25) is 0 Å². The monoisotopic (exact) mass is 255 g/mol. The summed E-state index contributed by atoms with van der Waals surface area (Å²) in [6.07, 6.45) is 7.34. The molecule has 3 atom stereocenters. The van der Waals surface area contributed by atoms with Crippen LogP contribution in [0, 0.1) is 0 Å². The molecule has 1 saturated heterocycles. The topological polar surface area (TPSA) is 44.5 Å². The fourth-order valence-corrected chi connectivity index (χ4v) is 3.41. The average Bonchev–Trinajstić information content (AvgIpc) is 2.37. The highest BCUT2D eigenvalue weighted by Crippen LogP contribution is 2.40. The molecule has 0 amide bonds. The van der Waals surface area contributed by atoms with Crippen LogP contribution >= 0.6 is 0 Å². The Bertz CT molecular complexity index is 288. The summed E-state index contributed by atoms with van der Waals surface area (Å²) in [6.45, 7) is 8.56. The molecule has 0 aromatic carbocycles. The highest BCUT2D eigenvalue weighted by Gasteiger charge is 2.47. The Labute approximate surface area is 111 Å². The SMILES string of the molecule is CC1(C)CC(OC2CCCCCC2N)C(C)(C)O1. The lowest BCUT2D eigenvalue weighted by Crippen LogP contribution is -2.43. The molecule has 1 aliphatic carbocycles. The maximum Gasteiger partial charge on any atom is 0.0895 e. The maximum atomic E-state index is 6.35. The quantitative estimate of drug-likeness (QED) is 0.771. The molecule has 3 unspecified atom stereocenters. The van der Waals surface area contributed by atoms with Gasteiger partial charge < -0.3 is 15.2 Å². The van der Waals surface area contributed by atoms with Crippen LogP contribution in [-0.2, 0) is 9.47 Å². The molecule has 1 aliphatic heterocycles. The van der Waals surface area contributed by atoms with Gasteiger partial charge in [0.15, 0.2) is 0 Å². The molecule has 1 saturated carbocycles. The molecule has 1 heterocycles. The van der Waals surface area contributed by atoms with Gasteiger partial charge in [0.25, 0.3) is 0 Å². The van der Waals surface area contributed by atoms with E-state index in [-0.39, 0.29) is 29.5 Å². The van der Waals surface area contributed by atoms with Crippen molar-refractivity contribution in [3.8, 4) is 0 Å². The third-order valence-corrected chi connectivity index (χ3v) is 4.33. The standard InChI is InChI=1S/C15H29NO2/c1-14(2)10-13(15(3,4)18-14)17-12-9-7-5-6-8-11(12)16/h11-13H,5-10,16H2,1-4H3. The van der Waals surface area contributed by atoms with Crippen molar-refractivity contribution in [3.63, 3.8) is 0 Å². The van der Waals surface area contributed by atoms with Crippen LogP contribution in [0.15, 0.2) is 0 Å². The average molecular weight is 255 g/mol. The summed E-state index contributed by atoms with van der Waals surface area (Å²) in [5, 5.41) is 0. The molecule has 18 heavy (non-hydrogen) atoms. The van der Waals surface area contributed by atoms with E-state index < -0.39 is 0 Å². The van der Waals surface area contributed by atoms with Crippen LogP contribution < -0.4 is 5.73 Å². The van der Waals surface area contributed by atoms with E-state index in [0.29, 0.717) is 0 Å². The van der Waals surface area contributed by atoms with E-state index in [0.717, 1.165) is 19.3 Å². The predicted molar refractivity (Wildman–Crippen MR) is 73.6 cm³/mol. The van der Waals surface area contributed by atoms with Gasteiger partial charge in [0.05, 0.1) is 23.4 Å². The van der Waals surface area contributed by atoms with Crippen molar-refractivity contribution in [2.45, 2.75) is 95.7 Å². The summed E-state index contributed by atoms with van der Waals surface area (Å²) < 4.78 is 12.4. The van der Waals surface area contributed by atoms with Crippen LogP contribution in [0.2, 0.25) is 0 Å². The zero-order valence-electron chi connectivity index (χ0n) is 12.4. The van der Waals surface area contributed by atoms with Gasteiger partial charge in [-0.05, 0) is 40.5 Å². The van der Waals surface area contributed by atoms with Gasteiger partial charge in [-0.2, -0.15) is 0 Å². The van der Waals surface area contributed by atoms with Gasteiger partial charge in [0.1, 0.15) is 0 Å². The van der Waals surface area contributed by atoms with Crippen LogP contribution in [0.4, 0.5) is 0 Å². The second-order valence-corrected chi connectivity index (χ2v) is 7.13. The van der Waals surface area contributed by atoms with E-state index >= 15 is 0 Å². The van der Waals surface area contributed by atoms with Gasteiger partial charge >= 0.3 is 0 Å². The Kier molecular flexibility index (Phi) is 4.05. The minimum absolute atomic E-state index is 0.0804. The first-order valence-corrected chi connectivity index (χ1v) is 7.41. The molecular weight excluding hydrogens is 226 g/mol. The van der Waals surface area contributed by atoms with Gasteiger partial charge in [-0.15, -0.1) is 0 Å². The van der Waals surface area contributed by atoms with E-state index in [1.54, 1.807) is 0 Å². The largest absolute Gasteiger partial charge is 0.370 e. The molecule has 2 aliphatic rings. The van der Waals surface area contributed by atoms with Gasteiger partial charge in [-0.3, -0.25) is 0 Å². The summed E-state index contributed by atoms with van der Waals surface area (Å²) in [4.78, 5) is 0. The van der Waals surface area contributed by atoms with Crippen LogP contribution in [0.1, 0.15) is 66.2 Å². The summed E-state index contributed by atoms with van der Waals surface area (Å²) in [5.74, 6) is 0. The summed E-state index contributed by atoms with van der Waals surface area (Å²) in [6, 6.07) is 0.201. The van der Waals surface area contributed by atoms with E-state index in [1.807, 2.05) is 0 Å². The normalized spacial score (nSPS) is 39.5. The number of rotatable bonds is 2. The molecule has 0 radical (unpaired) electrons. The third kappa shape index (κ3) is 3.25. The van der Waals surface area contributed by atoms with Crippen molar-refractivity contribution in [1.29, 1.82) is 0 Å². The van der Waals surface area contributed by atoms with E-state index in [4.69, 9.17) is 15.2 Å². The number of hydrogen-bond donors (Lipinski definition) is 1. The molecule has 2 rings (SSSR count). The van der Waals surface area contributed by atoms with Crippen molar-refractivity contribution in [2.75, 3.05) is 0 Å². The Morgan fingerprint density at radius 2 is 1.72 bits per heavy atom. The fraction of sp³-hybridized carbons (Fsp3) is 1.00. The Morgan fingerprint density at radius 1 is 1.06 bits per heavy atom. The molecule has 3 heteroatoms. The van der Waals surface area contributed by atoms with Crippen LogP contribution in [0.5, 0.6) is 0 Å². The van der Waals surface area contributed by atoms with Crippen molar-refractivity contribution in [1.82, 2.24) is 0 Å². The molecule has 2 N–H and O–H groups in total. The van der Waals surface area contributed by atoms with Crippen molar-refractivity contribution in [3.05, 3.63) is 0 Å². The molecule has 0 aromatic heterocycles. The van der Waals surface area contributed by atoms with Gasteiger partial charge in [0, 0.05) is 12.5 Å². The Balaban J connectivity index is 1.99. The molecule has 2 fully saturated rings. The predicted octanol–water partition coefficient (Wildman–Crippen LogP) is 3.01. The second-order valence-electron chi connectivity index (χ2n) is 7.13. The number of hydrogen-bond acceptors (Lipinski definition) is 3. The highest BCUT2D eigenvalue weighted by molar-refractivity contribution is 4.96. The van der Waals surface area contributed by atoms with E-state index in [2.05, 4.69) is 27.7 Å². The number of nitrogens with two attached hydrogens (primary N) is 1. The van der Waals surface area contributed by atoms with Crippen LogP contribution in [-0.4, -0.2) is 29.5 Å². The molecule has 106 valence electrons. The Hall–Kier alpha value is -0.120. The second kappa shape index (κ2) is 5.10. The summed E-state index contributed by atoms with van der Waals surface area (Å²) in [5.41, 5.74) is 5.97. The third-order valence-electron chi connectivity index (χ3n) is 4.33. The van der Waals surface area contributed by atoms with E-state index in [9.17, 15) is 0 Å². The maximum absolute atomic E-state index is 6.35. The zero-order chi connectivity index (χ0) is 13.4. The van der Waals surface area contributed by atoms with E-state index in [1.165, 1.54) is 19.3 Å². The molecule has 0 spiro atoms. The summed E-state index contributed by atoms with van der Waals surface area (Å²) >= 11 is 0. The molecule has 0 aromatic rings. The lowest BCUT2D eigenvalue weighted by Gasteiger charge is -2.32. The van der Waals surface area contributed by atoms with Crippen LogP contribution in [0.3, 0.4) is 0 Å². The molecule has 0 bridgehead atoms. The number of ether oxygens (including phenoxy) is 2. The first-order chi connectivity index (χ1) is 8.30. The fourth-order valence-electron chi connectivity index (χ4n) is 3.41. The lowest BCUT2D eigenvalue weighted by molar-refractivity contribution is -0.122. The minimum atomic E-state index is -0.199. The van der Waals surface area contributed by atoms with Gasteiger partial charge in [-0.25, -0.2) is 0 Å². The zero-order valence-corrected chi connectivity index (χ0v) is 12.4. The highest BCUT2D eigenvalue weighted by atomic mass is 16.6. The first kappa shape index (κ1) is 14.3. The van der Waals surface area contributed by atoms with Crippen molar-refractivity contribution in [2.24, 2.45) is 5.73 Å².